The lowest BCUT2D eigenvalue weighted by molar-refractivity contribution is -0.120. The monoisotopic (exact) mass is 280 g/mol. The Balaban J connectivity index is 0.00000289. The molecule has 1 aromatic carbocycles. The largest absolute Gasteiger partial charge is 0.492 e. The first-order valence-electron chi connectivity index (χ1n) is 5.18. The SMILES string of the molecule is Cl.NCCC(=O)NCCOc1ccc(F)c(F)c1. The van der Waals surface area contributed by atoms with Gasteiger partial charge >= 0.3 is 0 Å². The first kappa shape index (κ1) is 16.6. The molecule has 0 aliphatic rings. The van der Waals surface area contributed by atoms with Gasteiger partial charge in [-0.25, -0.2) is 8.78 Å². The van der Waals surface area contributed by atoms with Crippen LogP contribution in [0.2, 0.25) is 0 Å². The molecule has 0 saturated carbocycles. The maximum absolute atomic E-state index is 12.8. The van der Waals surface area contributed by atoms with E-state index in [0.29, 0.717) is 0 Å². The first-order chi connectivity index (χ1) is 8.13. The summed E-state index contributed by atoms with van der Waals surface area (Å²) >= 11 is 0. The Kier molecular flexibility index (Phi) is 7.98. The van der Waals surface area contributed by atoms with Crippen LogP contribution >= 0.6 is 12.4 Å². The van der Waals surface area contributed by atoms with Crippen LogP contribution in [0.1, 0.15) is 6.42 Å². The highest BCUT2D eigenvalue weighted by molar-refractivity contribution is 5.85. The van der Waals surface area contributed by atoms with E-state index in [1.54, 1.807) is 0 Å². The highest BCUT2D eigenvalue weighted by atomic mass is 35.5. The summed E-state index contributed by atoms with van der Waals surface area (Å²) in [4.78, 5) is 11.0. The molecule has 0 aliphatic carbocycles. The standard InChI is InChI=1S/C11H14F2N2O2.ClH/c12-9-2-1-8(7-10(9)13)17-6-5-15-11(16)3-4-14;/h1-2,7H,3-6,14H2,(H,15,16);1H. The smallest absolute Gasteiger partial charge is 0.221 e. The van der Waals surface area contributed by atoms with Gasteiger partial charge in [-0.05, 0) is 12.1 Å². The predicted octanol–water partition coefficient (Wildman–Crippen LogP) is 1.23. The minimum atomic E-state index is -0.963. The van der Waals surface area contributed by atoms with Crippen LogP contribution in [0, 0.1) is 11.6 Å². The minimum Gasteiger partial charge on any atom is -0.492 e. The van der Waals surface area contributed by atoms with Gasteiger partial charge in [0.15, 0.2) is 11.6 Å². The Labute approximate surface area is 110 Å². The lowest BCUT2D eigenvalue weighted by atomic mass is 10.3. The van der Waals surface area contributed by atoms with E-state index in [4.69, 9.17) is 10.5 Å². The van der Waals surface area contributed by atoms with Gasteiger partial charge in [-0.15, -0.1) is 12.4 Å². The summed E-state index contributed by atoms with van der Waals surface area (Å²) in [5.74, 6) is -1.83. The fourth-order valence-corrected chi connectivity index (χ4v) is 1.15. The third-order valence-corrected chi connectivity index (χ3v) is 1.96. The van der Waals surface area contributed by atoms with E-state index in [0.717, 1.165) is 12.1 Å². The van der Waals surface area contributed by atoms with E-state index < -0.39 is 11.6 Å². The molecular weight excluding hydrogens is 266 g/mol. The number of ether oxygens (including phenoxy) is 1. The zero-order valence-corrected chi connectivity index (χ0v) is 10.4. The number of rotatable bonds is 6. The van der Waals surface area contributed by atoms with Crippen LogP contribution < -0.4 is 15.8 Å². The van der Waals surface area contributed by atoms with Crippen LogP contribution in [0.25, 0.3) is 0 Å². The van der Waals surface area contributed by atoms with Crippen molar-refractivity contribution in [1.29, 1.82) is 0 Å². The van der Waals surface area contributed by atoms with Gasteiger partial charge in [0.1, 0.15) is 12.4 Å². The molecule has 102 valence electrons. The molecule has 1 amide bonds. The summed E-state index contributed by atoms with van der Waals surface area (Å²) in [6.07, 6.45) is 0.255. The molecule has 7 heteroatoms. The van der Waals surface area contributed by atoms with Gasteiger partial charge in [-0.1, -0.05) is 0 Å². The maximum Gasteiger partial charge on any atom is 0.221 e. The second-order valence-corrected chi connectivity index (χ2v) is 3.31. The lowest BCUT2D eigenvalue weighted by Crippen LogP contribution is -2.29. The first-order valence-corrected chi connectivity index (χ1v) is 5.18. The summed E-state index contributed by atoms with van der Waals surface area (Å²) < 4.78 is 30.5. The van der Waals surface area contributed by atoms with Crippen LogP contribution in [0.3, 0.4) is 0 Å². The van der Waals surface area contributed by atoms with E-state index in [1.165, 1.54) is 6.07 Å². The number of nitrogens with two attached hydrogens (primary N) is 1. The molecular formula is C11H15ClF2N2O2. The van der Waals surface area contributed by atoms with Crippen LogP contribution in [0.5, 0.6) is 5.75 Å². The molecule has 0 radical (unpaired) electrons. The number of benzene rings is 1. The molecule has 0 heterocycles. The van der Waals surface area contributed by atoms with Crippen molar-refractivity contribution < 1.29 is 18.3 Å². The summed E-state index contributed by atoms with van der Waals surface area (Å²) in [6, 6.07) is 3.26. The van der Waals surface area contributed by atoms with Crippen LogP contribution in [0.15, 0.2) is 18.2 Å². The van der Waals surface area contributed by atoms with Gasteiger partial charge in [-0.2, -0.15) is 0 Å². The molecule has 3 N–H and O–H groups in total. The van der Waals surface area contributed by atoms with Crippen LogP contribution in [-0.2, 0) is 4.79 Å². The number of nitrogens with one attached hydrogen (secondary N) is 1. The molecule has 18 heavy (non-hydrogen) atoms. The average Bonchev–Trinajstić information content (AvgIpc) is 2.29. The van der Waals surface area contributed by atoms with Crippen molar-refractivity contribution in [2.24, 2.45) is 5.73 Å². The topological polar surface area (TPSA) is 64.4 Å². The molecule has 1 aromatic rings. The third-order valence-electron chi connectivity index (χ3n) is 1.96. The molecule has 1 rings (SSSR count). The number of halogens is 3. The highest BCUT2D eigenvalue weighted by Gasteiger charge is 2.03. The number of amides is 1. The van der Waals surface area contributed by atoms with Gasteiger partial charge < -0.3 is 15.8 Å². The molecule has 4 nitrogen and oxygen atoms in total. The molecule has 0 atom stereocenters. The van der Waals surface area contributed by atoms with Gasteiger partial charge in [0, 0.05) is 19.0 Å². The van der Waals surface area contributed by atoms with Crippen molar-refractivity contribution in [3.05, 3.63) is 29.8 Å². The molecule has 0 spiro atoms. The van der Waals surface area contributed by atoms with Crippen molar-refractivity contribution in [1.82, 2.24) is 5.32 Å². The second kappa shape index (κ2) is 8.66. The third kappa shape index (κ3) is 5.79. The second-order valence-electron chi connectivity index (χ2n) is 3.31. The van der Waals surface area contributed by atoms with E-state index in [-0.39, 0.29) is 50.2 Å². The fraction of sp³-hybridized carbons (Fsp3) is 0.364. The average molecular weight is 281 g/mol. The minimum absolute atomic E-state index is 0. The van der Waals surface area contributed by atoms with Crippen LogP contribution in [-0.4, -0.2) is 25.6 Å². The Hall–Kier alpha value is -1.40. The number of carbonyl (C=O) groups excluding carboxylic acids is 1. The van der Waals surface area contributed by atoms with Gasteiger partial charge in [0.25, 0.3) is 0 Å². The Morgan fingerprint density at radius 3 is 2.67 bits per heavy atom. The van der Waals surface area contributed by atoms with E-state index >= 15 is 0 Å². The van der Waals surface area contributed by atoms with Crippen molar-refractivity contribution in [3.63, 3.8) is 0 Å². The van der Waals surface area contributed by atoms with Gasteiger partial charge in [0.05, 0.1) is 6.54 Å². The summed E-state index contributed by atoms with van der Waals surface area (Å²) in [5, 5.41) is 2.57. The van der Waals surface area contributed by atoms with E-state index in [2.05, 4.69) is 5.32 Å². The van der Waals surface area contributed by atoms with Crippen molar-refractivity contribution in [3.8, 4) is 5.75 Å². The van der Waals surface area contributed by atoms with Crippen molar-refractivity contribution in [2.75, 3.05) is 19.7 Å². The maximum atomic E-state index is 12.8. The summed E-state index contributed by atoms with van der Waals surface area (Å²) in [7, 11) is 0. The van der Waals surface area contributed by atoms with Crippen LogP contribution in [0.4, 0.5) is 8.78 Å². The molecule has 0 aromatic heterocycles. The lowest BCUT2D eigenvalue weighted by Gasteiger charge is -2.07. The summed E-state index contributed by atoms with van der Waals surface area (Å²) in [6.45, 7) is 0.759. The van der Waals surface area contributed by atoms with E-state index in [9.17, 15) is 13.6 Å². The van der Waals surface area contributed by atoms with Crippen molar-refractivity contribution in [2.45, 2.75) is 6.42 Å². The molecule has 0 unspecified atom stereocenters. The molecule has 0 aliphatic heterocycles. The van der Waals surface area contributed by atoms with Crippen molar-refractivity contribution >= 4 is 18.3 Å². The molecule has 0 bridgehead atoms. The van der Waals surface area contributed by atoms with Gasteiger partial charge in [0.2, 0.25) is 5.91 Å². The molecule has 0 fully saturated rings. The normalized spacial score (nSPS) is 9.50. The Morgan fingerprint density at radius 1 is 1.33 bits per heavy atom. The number of hydrogen-bond donors (Lipinski definition) is 2. The zero-order valence-electron chi connectivity index (χ0n) is 9.62. The predicted molar refractivity (Wildman–Crippen MR) is 65.8 cm³/mol. The zero-order chi connectivity index (χ0) is 12.7. The summed E-state index contributed by atoms with van der Waals surface area (Å²) in [5.41, 5.74) is 5.19. The number of hydrogen-bond acceptors (Lipinski definition) is 3. The van der Waals surface area contributed by atoms with Gasteiger partial charge in [-0.3, -0.25) is 4.79 Å². The quantitative estimate of drug-likeness (QED) is 0.771. The molecule has 0 saturated heterocycles. The van der Waals surface area contributed by atoms with E-state index in [1.807, 2.05) is 0 Å². The highest BCUT2D eigenvalue weighted by Crippen LogP contribution is 2.14. The fourth-order valence-electron chi connectivity index (χ4n) is 1.15. The Bertz CT molecular complexity index is 391. The number of carbonyl (C=O) groups is 1. The Morgan fingerprint density at radius 2 is 2.06 bits per heavy atom.